The molecule has 3 N–H and O–H groups in total. The van der Waals surface area contributed by atoms with E-state index in [0.29, 0.717) is 5.56 Å². The number of carboxylic acids is 1. The maximum absolute atomic E-state index is 11.7. The quantitative estimate of drug-likeness (QED) is 0.446. The number of hydrogen-bond acceptors (Lipinski definition) is 5. The number of aromatic nitrogens is 2. The number of aliphatic carboxylic acids is 1. The van der Waals surface area contributed by atoms with Crippen LogP contribution in [-0.4, -0.2) is 38.4 Å². The van der Waals surface area contributed by atoms with Crippen LogP contribution < -0.4 is 0 Å². The van der Waals surface area contributed by atoms with E-state index in [1.807, 2.05) is 42.5 Å². The molecule has 1 atom stereocenters. The number of hydrogen-bond donors (Lipinski definition) is 3. The van der Waals surface area contributed by atoms with Crippen LogP contribution in [0.15, 0.2) is 70.2 Å². The molecule has 0 aliphatic heterocycles. The van der Waals surface area contributed by atoms with Crippen molar-refractivity contribution in [1.82, 2.24) is 9.97 Å². The fourth-order valence-electron chi connectivity index (χ4n) is 2.99. The summed E-state index contributed by atoms with van der Waals surface area (Å²) in [7, 11) is 0. The van der Waals surface area contributed by atoms with Gasteiger partial charge in [0.25, 0.3) is 0 Å². The number of carbonyl (C=O) groups is 1. The molecule has 0 radical (unpaired) electrons. The zero-order chi connectivity index (χ0) is 19.5. The van der Waals surface area contributed by atoms with Crippen LogP contribution in [0.5, 0.6) is 5.95 Å². The number of nitrogens with zero attached hydrogens (tertiary/aromatic N) is 2. The van der Waals surface area contributed by atoms with Crippen molar-refractivity contribution in [3.63, 3.8) is 0 Å². The van der Waals surface area contributed by atoms with Crippen LogP contribution >= 0.6 is 0 Å². The maximum Gasteiger partial charge on any atom is 0.328 e. The fourth-order valence-corrected chi connectivity index (χ4v) is 2.99. The molecule has 1 unspecified atom stereocenters. The summed E-state index contributed by atoms with van der Waals surface area (Å²) in [5.74, 6) is -1.23. The molecule has 0 spiro atoms. The van der Waals surface area contributed by atoms with Crippen molar-refractivity contribution in [3.05, 3.63) is 72.1 Å². The minimum Gasteiger partial charge on any atom is -0.480 e. The second-order valence-corrected chi connectivity index (χ2v) is 6.27. The first-order valence-corrected chi connectivity index (χ1v) is 8.68. The van der Waals surface area contributed by atoms with E-state index in [4.69, 9.17) is 4.42 Å². The van der Waals surface area contributed by atoms with Crippen LogP contribution in [-0.2, 0) is 11.2 Å². The summed E-state index contributed by atoms with van der Waals surface area (Å²) in [5, 5.41) is 20.5. The molecule has 4 aromatic rings. The molecule has 2 aromatic heterocycles. The molecule has 0 fully saturated rings. The molecule has 0 aliphatic carbocycles. The number of H-pyrrole nitrogens is 1. The molecular formula is C21H17N3O4. The molecule has 0 aliphatic rings. The Labute approximate surface area is 160 Å². The van der Waals surface area contributed by atoms with Gasteiger partial charge in [-0.05, 0) is 23.8 Å². The Kier molecular flexibility index (Phi) is 4.63. The van der Waals surface area contributed by atoms with Crippen molar-refractivity contribution in [2.45, 2.75) is 12.5 Å². The maximum atomic E-state index is 11.7. The molecule has 2 heterocycles. The Morgan fingerprint density at radius 2 is 1.93 bits per heavy atom. The normalized spacial score (nSPS) is 12.6. The number of para-hydroxylation sites is 1. The summed E-state index contributed by atoms with van der Waals surface area (Å²) in [6.45, 7) is 0. The highest BCUT2D eigenvalue weighted by Gasteiger charge is 2.19. The average molecular weight is 375 g/mol. The van der Waals surface area contributed by atoms with Gasteiger partial charge in [0, 0.05) is 29.1 Å². The number of carboxylic acid groups (broad SMARTS) is 1. The van der Waals surface area contributed by atoms with E-state index in [9.17, 15) is 15.0 Å². The lowest BCUT2D eigenvalue weighted by Gasteiger charge is -2.06. The number of oxazole rings is 1. The van der Waals surface area contributed by atoms with Crippen molar-refractivity contribution < 1.29 is 19.4 Å². The van der Waals surface area contributed by atoms with E-state index in [0.717, 1.165) is 16.5 Å². The van der Waals surface area contributed by atoms with E-state index in [-0.39, 0.29) is 18.0 Å². The topological polar surface area (TPSA) is 112 Å². The van der Waals surface area contributed by atoms with Crippen LogP contribution in [0.4, 0.5) is 0 Å². The Hall–Kier alpha value is -3.87. The highest BCUT2D eigenvalue weighted by atomic mass is 16.5. The standard InChI is InChI=1S/C21H17N3O4/c25-20(26)17(10-14-11-22-16-9-5-4-8-15(14)16)23-12-18-21(27)28-19(24-18)13-6-2-1-3-7-13/h1-9,11-12,17,22,27H,10H2,(H,25,26). The number of fused-ring (bicyclic) bond motifs is 1. The smallest absolute Gasteiger partial charge is 0.328 e. The minimum atomic E-state index is -1.06. The van der Waals surface area contributed by atoms with Crippen LogP contribution in [0.1, 0.15) is 11.3 Å². The van der Waals surface area contributed by atoms with Crippen LogP contribution in [0.3, 0.4) is 0 Å². The van der Waals surface area contributed by atoms with Gasteiger partial charge in [0.1, 0.15) is 0 Å². The van der Waals surface area contributed by atoms with Gasteiger partial charge in [-0.3, -0.25) is 4.99 Å². The number of aromatic amines is 1. The Morgan fingerprint density at radius 1 is 1.18 bits per heavy atom. The van der Waals surface area contributed by atoms with Crippen molar-refractivity contribution in [3.8, 4) is 17.4 Å². The summed E-state index contributed by atoms with van der Waals surface area (Å²) in [6.07, 6.45) is 3.23. The van der Waals surface area contributed by atoms with Gasteiger partial charge in [-0.25, -0.2) is 9.78 Å². The number of nitrogens with one attached hydrogen (secondary N) is 1. The minimum absolute atomic E-state index is 0.0871. The van der Waals surface area contributed by atoms with Gasteiger partial charge in [-0.1, -0.05) is 36.4 Å². The van der Waals surface area contributed by atoms with E-state index < -0.39 is 18.0 Å². The highest BCUT2D eigenvalue weighted by Crippen LogP contribution is 2.25. The molecule has 140 valence electrons. The molecule has 0 bridgehead atoms. The molecule has 4 rings (SSSR count). The second kappa shape index (κ2) is 7.40. The number of aromatic hydroxyl groups is 1. The van der Waals surface area contributed by atoms with Crippen LogP contribution in [0, 0.1) is 0 Å². The van der Waals surface area contributed by atoms with Gasteiger partial charge in [0.2, 0.25) is 5.89 Å². The first-order valence-electron chi connectivity index (χ1n) is 8.68. The van der Waals surface area contributed by atoms with Crippen molar-refractivity contribution in [2.75, 3.05) is 0 Å². The SMILES string of the molecule is O=C(O)C(Cc1c[nH]c2ccccc12)N=Cc1nc(-c2ccccc2)oc1O. The molecule has 0 saturated heterocycles. The third kappa shape index (κ3) is 3.50. The number of aliphatic imine (C=N–C) groups is 1. The zero-order valence-electron chi connectivity index (χ0n) is 14.7. The van der Waals surface area contributed by atoms with Gasteiger partial charge < -0.3 is 19.6 Å². The van der Waals surface area contributed by atoms with E-state index in [1.54, 1.807) is 18.3 Å². The van der Waals surface area contributed by atoms with Gasteiger partial charge in [-0.15, -0.1) is 0 Å². The van der Waals surface area contributed by atoms with Gasteiger partial charge in [0.05, 0.1) is 6.21 Å². The Bertz CT molecular complexity index is 1140. The fraction of sp³-hybridized carbons (Fsp3) is 0.0952. The largest absolute Gasteiger partial charge is 0.480 e. The summed E-state index contributed by atoms with van der Waals surface area (Å²) in [5.41, 5.74) is 2.58. The molecule has 7 heteroatoms. The molecular weight excluding hydrogens is 358 g/mol. The van der Waals surface area contributed by atoms with Crippen LogP contribution in [0.25, 0.3) is 22.4 Å². The van der Waals surface area contributed by atoms with E-state index in [2.05, 4.69) is 15.0 Å². The van der Waals surface area contributed by atoms with Gasteiger partial charge >= 0.3 is 11.9 Å². The lowest BCUT2D eigenvalue weighted by Crippen LogP contribution is -2.20. The van der Waals surface area contributed by atoms with Gasteiger partial charge in [0.15, 0.2) is 11.7 Å². The molecule has 7 nitrogen and oxygen atoms in total. The van der Waals surface area contributed by atoms with Crippen molar-refractivity contribution in [2.24, 2.45) is 4.99 Å². The second-order valence-electron chi connectivity index (χ2n) is 6.27. The van der Waals surface area contributed by atoms with Gasteiger partial charge in [-0.2, -0.15) is 0 Å². The highest BCUT2D eigenvalue weighted by molar-refractivity contribution is 5.86. The summed E-state index contributed by atoms with van der Waals surface area (Å²) < 4.78 is 5.26. The summed E-state index contributed by atoms with van der Waals surface area (Å²) in [6, 6.07) is 15.7. The van der Waals surface area contributed by atoms with E-state index in [1.165, 1.54) is 6.21 Å². The summed E-state index contributed by atoms with van der Waals surface area (Å²) in [4.78, 5) is 23.1. The predicted molar refractivity (Wildman–Crippen MR) is 105 cm³/mol. The summed E-state index contributed by atoms with van der Waals surface area (Å²) >= 11 is 0. The Morgan fingerprint density at radius 3 is 2.71 bits per heavy atom. The average Bonchev–Trinajstić information content (AvgIpc) is 3.29. The first-order chi connectivity index (χ1) is 13.6. The third-order valence-corrected chi connectivity index (χ3v) is 4.41. The molecule has 0 saturated carbocycles. The molecule has 0 amide bonds. The Balaban J connectivity index is 1.58. The van der Waals surface area contributed by atoms with Crippen LogP contribution in [0.2, 0.25) is 0 Å². The lowest BCUT2D eigenvalue weighted by atomic mass is 10.1. The zero-order valence-corrected chi connectivity index (χ0v) is 14.7. The number of rotatable bonds is 6. The van der Waals surface area contributed by atoms with E-state index >= 15 is 0 Å². The monoisotopic (exact) mass is 375 g/mol. The first kappa shape index (κ1) is 17.5. The number of benzene rings is 2. The van der Waals surface area contributed by atoms with Crippen molar-refractivity contribution in [1.29, 1.82) is 0 Å². The molecule has 28 heavy (non-hydrogen) atoms. The lowest BCUT2D eigenvalue weighted by molar-refractivity contribution is -0.138. The predicted octanol–water partition coefficient (Wildman–Crippen LogP) is 3.64. The van der Waals surface area contributed by atoms with Crippen molar-refractivity contribution >= 4 is 23.1 Å². The molecule has 2 aromatic carbocycles. The third-order valence-electron chi connectivity index (χ3n) is 4.41.